The average molecular weight is 351 g/mol. The molecule has 1 amide bonds. The van der Waals surface area contributed by atoms with Crippen LogP contribution in [0.2, 0.25) is 0 Å². The first-order valence-electron chi connectivity index (χ1n) is 9.22. The zero-order valence-electron chi connectivity index (χ0n) is 15.5. The van der Waals surface area contributed by atoms with Crippen LogP contribution in [0.4, 0.5) is 5.69 Å². The predicted octanol–water partition coefficient (Wildman–Crippen LogP) is 3.47. The number of aryl methyl sites for hydroxylation is 2. The van der Waals surface area contributed by atoms with Crippen molar-refractivity contribution in [2.75, 3.05) is 31.1 Å². The number of rotatable bonds is 3. The van der Waals surface area contributed by atoms with Crippen molar-refractivity contribution in [2.24, 2.45) is 0 Å². The molecule has 1 fully saturated rings. The summed E-state index contributed by atoms with van der Waals surface area (Å²) in [5.74, 6) is 0.585. The smallest absolute Gasteiger partial charge is 0.280 e. The molecule has 1 saturated heterocycles. The summed E-state index contributed by atoms with van der Waals surface area (Å²) in [4.78, 5) is 17.4. The van der Waals surface area contributed by atoms with E-state index in [-0.39, 0.29) is 11.3 Å². The third-order valence-electron chi connectivity index (χ3n) is 5.77. The summed E-state index contributed by atoms with van der Waals surface area (Å²) in [5.41, 5.74) is 3.99. The molecule has 0 saturated carbocycles. The number of fused-ring (bicyclic) bond motifs is 2. The average Bonchev–Trinajstić information content (AvgIpc) is 3.19. The van der Waals surface area contributed by atoms with Gasteiger partial charge in [-0.15, -0.1) is 6.58 Å². The fourth-order valence-corrected chi connectivity index (χ4v) is 4.34. The minimum atomic E-state index is -0.0719. The topological polar surface area (TPSA) is 49.6 Å². The second-order valence-corrected chi connectivity index (χ2v) is 7.60. The van der Waals surface area contributed by atoms with Crippen LogP contribution in [-0.2, 0) is 5.41 Å². The number of anilines is 1. The summed E-state index contributed by atoms with van der Waals surface area (Å²) < 4.78 is 5.12. The van der Waals surface area contributed by atoms with Gasteiger partial charge in [-0.2, -0.15) is 0 Å². The van der Waals surface area contributed by atoms with Crippen molar-refractivity contribution >= 4 is 11.6 Å². The van der Waals surface area contributed by atoms with E-state index in [1.54, 1.807) is 6.07 Å². The number of carbonyl (C=O) groups excluding carboxylic acids is 1. The molecule has 2 aromatic rings. The Balaban J connectivity index is 1.68. The second kappa shape index (κ2) is 6.40. The van der Waals surface area contributed by atoms with Gasteiger partial charge in [0, 0.05) is 30.3 Å². The fourth-order valence-electron chi connectivity index (χ4n) is 4.34. The van der Waals surface area contributed by atoms with Crippen LogP contribution in [0.1, 0.15) is 40.2 Å². The lowest BCUT2D eigenvalue weighted by Crippen LogP contribution is -2.46. The Labute approximate surface area is 154 Å². The molecular formula is C21H25N3O2. The van der Waals surface area contributed by atoms with Crippen molar-refractivity contribution in [3.63, 3.8) is 0 Å². The van der Waals surface area contributed by atoms with Gasteiger partial charge in [-0.1, -0.05) is 28.9 Å². The third-order valence-corrected chi connectivity index (χ3v) is 5.77. The van der Waals surface area contributed by atoms with Crippen molar-refractivity contribution in [1.29, 1.82) is 0 Å². The van der Waals surface area contributed by atoms with Crippen LogP contribution < -0.4 is 4.90 Å². The summed E-state index contributed by atoms with van der Waals surface area (Å²) in [7, 11) is 0. The molecule has 1 spiro atoms. The minimum Gasteiger partial charge on any atom is -0.361 e. The SMILES string of the molecule is C=CCN1CCC2(CC1)CN(C(=O)c1cc(C)on1)c1ccc(C)cc12. The molecule has 3 heterocycles. The Kier molecular flexibility index (Phi) is 4.19. The fraction of sp³-hybridized carbons (Fsp3) is 0.429. The zero-order valence-corrected chi connectivity index (χ0v) is 15.5. The predicted molar refractivity (Wildman–Crippen MR) is 102 cm³/mol. The van der Waals surface area contributed by atoms with E-state index in [4.69, 9.17) is 4.52 Å². The summed E-state index contributed by atoms with van der Waals surface area (Å²) >= 11 is 0. The van der Waals surface area contributed by atoms with Gasteiger partial charge in [0.15, 0.2) is 5.69 Å². The molecule has 2 aliphatic rings. The largest absolute Gasteiger partial charge is 0.361 e. The van der Waals surface area contributed by atoms with E-state index in [1.807, 2.05) is 17.9 Å². The third kappa shape index (κ3) is 2.76. The van der Waals surface area contributed by atoms with Gasteiger partial charge >= 0.3 is 0 Å². The van der Waals surface area contributed by atoms with Gasteiger partial charge in [-0.3, -0.25) is 9.69 Å². The number of likely N-dealkylation sites (tertiary alicyclic amines) is 1. The number of piperidine rings is 1. The molecule has 136 valence electrons. The maximum Gasteiger partial charge on any atom is 0.280 e. The number of carbonyl (C=O) groups is 1. The Bertz CT molecular complexity index is 847. The van der Waals surface area contributed by atoms with Crippen molar-refractivity contribution in [3.05, 3.63) is 59.5 Å². The first kappa shape index (κ1) is 17.0. The highest BCUT2D eigenvalue weighted by Crippen LogP contribution is 2.47. The second-order valence-electron chi connectivity index (χ2n) is 7.60. The maximum atomic E-state index is 13.1. The van der Waals surface area contributed by atoms with E-state index < -0.39 is 0 Å². The van der Waals surface area contributed by atoms with Gasteiger partial charge in [-0.25, -0.2) is 0 Å². The van der Waals surface area contributed by atoms with Gasteiger partial charge in [0.1, 0.15) is 5.76 Å². The van der Waals surface area contributed by atoms with Gasteiger partial charge in [0.25, 0.3) is 5.91 Å². The van der Waals surface area contributed by atoms with E-state index in [9.17, 15) is 4.79 Å². The van der Waals surface area contributed by atoms with Crippen molar-refractivity contribution in [3.8, 4) is 0 Å². The molecule has 1 aromatic heterocycles. The number of amides is 1. The number of benzene rings is 1. The van der Waals surface area contributed by atoms with Gasteiger partial charge < -0.3 is 9.42 Å². The molecule has 0 unspecified atom stereocenters. The van der Waals surface area contributed by atoms with E-state index in [2.05, 4.69) is 41.8 Å². The molecule has 26 heavy (non-hydrogen) atoms. The van der Waals surface area contributed by atoms with Crippen LogP contribution >= 0.6 is 0 Å². The van der Waals surface area contributed by atoms with Crippen LogP contribution in [0.15, 0.2) is 41.4 Å². The Hall–Kier alpha value is -2.40. The van der Waals surface area contributed by atoms with Gasteiger partial charge in [-0.05, 0) is 51.4 Å². The normalized spacial score (nSPS) is 18.9. The monoisotopic (exact) mass is 351 g/mol. The molecular weight excluding hydrogens is 326 g/mol. The van der Waals surface area contributed by atoms with E-state index in [0.717, 1.165) is 44.7 Å². The summed E-state index contributed by atoms with van der Waals surface area (Å²) in [6.45, 7) is 11.5. The molecule has 0 radical (unpaired) electrons. The van der Waals surface area contributed by atoms with Gasteiger partial charge in [0.2, 0.25) is 0 Å². The van der Waals surface area contributed by atoms with Crippen LogP contribution in [0.3, 0.4) is 0 Å². The lowest BCUT2D eigenvalue weighted by molar-refractivity contribution is 0.0969. The first-order valence-corrected chi connectivity index (χ1v) is 9.22. The zero-order chi connectivity index (χ0) is 18.3. The Morgan fingerprint density at radius 3 is 2.73 bits per heavy atom. The van der Waals surface area contributed by atoms with Crippen molar-refractivity contribution < 1.29 is 9.32 Å². The van der Waals surface area contributed by atoms with Crippen LogP contribution in [0.5, 0.6) is 0 Å². The number of hydrogen-bond acceptors (Lipinski definition) is 4. The van der Waals surface area contributed by atoms with Crippen molar-refractivity contribution in [2.45, 2.75) is 32.1 Å². The molecule has 5 heteroatoms. The van der Waals surface area contributed by atoms with Crippen LogP contribution in [0, 0.1) is 13.8 Å². The van der Waals surface area contributed by atoms with Crippen LogP contribution in [-0.4, -0.2) is 42.1 Å². The number of hydrogen-bond donors (Lipinski definition) is 0. The number of nitrogens with zero attached hydrogens (tertiary/aromatic N) is 3. The summed E-state index contributed by atoms with van der Waals surface area (Å²) in [6, 6.07) is 8.15. The molecule has 5 nitrogen and oxygen atoms in total. The van der Waals surface area contributed by atoms with E-state index >= 15 is 0 Å². The molecule has 0 atom stereocenters. The number of aromatic nitrogens is 1. The summed E-state index contributed by atoms with van der Waals surface area (Å²) in [6.07, 6.45) is 4.07. The van der Waals surface area contributed by atoms with E-state index in [1.165, 1.54) is 11.1 Å². The minimum absolute atomic E-state index is 0.0352. The highest BCUT2D eigenvalue weighted by molar-refractivity contribution is 6.06. The van der Waals surface area contributed by atoms with E-state index in [0.29, 0.717) is 11.5 Å². The summed E-state index contributed by atoms with van der Waals surface area (Å²) in [5, 5.41) is 3.94. The molecule has 0 N–H and O–H groups in total. The highest BCUT2D eigenvalue weighted by atomic mass is 16.5. The highest BCUT2D eigenvalue weighted by Gasteiger charge is 2.46. The van der Waals surface area contributed by atoms with Gasteiger partial charge in [0.05, 0.1) is 0 Å². The lowest BCUT2D eigenvalue weighted by Gasteiger charge is -2.39. The Morgan fingerprint density at radius 2 is 2.08 bits per heavy atom. The van der Waals surface area contributed by atoms with Crippen molar-refractivity contribution in [1.82, 2.24) is 10.1 Å². The standard InChI is InChI=1S/C21H25N3O2/c1-4-9-23-10-7-21(8-11-23)14-24(19-6-5-15(2)12-17(19)21)20(25)18-13-16(3)26-22-18/h4-6,12-13H,1,7-11,14H2,2-3H3. The maximum absolute atomic E-state index is 13.1. The van der Waals surface area contributed by atoms with Crippen LogP contribution in [0.25, 0.3) is 0 Å². The molecule has 1 aromatic carbocycles. The Morgan fingerprint density at radius 1 is 1.31 bits per heavy atom. The first-order chi connectivity index (χ1) is 12.5. The molecule has 2 aliphatic heterocycles. The lowest BCUT2D eigenvalue weighted by atomic mass is 9.74. The quantitative estimate of drug-likeness (QED) is 0.795. The molecule has 0 bridgehead atoms. The molecule has 4 rings (SSSR count). The molecule has 0 aliphatic carbocycles.